The van der Waals surface area contributed by atoms with Crippen molar-refractivity contribution in [3.63, 3.8) is 0 Å². The minimum atomic E-state index is -1.21. The first-order valence-corrected chi connectivity index (χ1v) is 4.74. The summed E-state index contributed by atoms with van der Waals surface area (Å²) in [6.07, 6.45) is 0. The van der Waals surface area contributed by atoms with E-state index in [1.54, 1.807) is 0 Å². The standard InChI is InChI=1S/C9H9Cl2NO3/c1-15-8-5(7(12)9(13)14)2-4(10)3-6(8)11/h2-3,7H,12H2,1H3,(H,13,14)/t7-/m0/s1. The number of ether oxygens (including phenoxy) is 1. The fraction of sp³-hybridized carbons (Fsp3) is 0.222. The van der Waals surface area contributed by atoms with Crippen LogP contribution in [-0.4, -0.2) is 18.2 Å². The van der Waals surface area contributed by atoms with Crippen LogP contribution in [0.3, 0.4) is 0 Å². The molecule has 0 spiro atoms. The third-order valence-corrected chi connectivity index (χ3v) is 2.34. The smallest absolute Gasteiger partial charge is 0.325 e. The fourth-order valence-corrected chi connectivity index (χ4v) is 1.75. The molecule has 82 valence electrons. The highest BCUT2D eigenvalue weighted by Gasteiger charge is 2.21. The van der Waals surface area contributed by atoms with Gasteiger partial charge in [-0.15, -0.1) is 0 Å². The lowest BCUT2D eigenvalue weighted by Crippen LogP contribution is -2.21. The second kappa shape index (κ2) is 4.70. The van der Waals surface area contributed by atoms with Crippen LogP contribution in [0.15, 0.2) is 12.1 Å². The van der Waals surface area contributed by atoms with Gasteiger partial charge >= 0.3 is 5.97 Å². The van der Waals surface area contributed by atoms with Crippen LogP contribution in [-0.2, 0) is 4.79 Å². The lowest BCUT2D eigenvalue weighted by molar-refractivity contribution is -0.138. The van der Waals surface area contributed by atoms with Crippen LogP contribution < -0.4 is 10.5 Å². The van der Waals surface area contributed by atoms with Crippen LogP contribution in [0.25, 0.3) is 0 Å². The van der Waals surface area contributed by atoms with Gasteiger partial charge in [-0.05, 0) is 12.1 Å². The number of methoxy groups -OCH3 is 1. The van der Waals surface area contributed by atoms with Gasteiger partial charge in [-0.3, -0.25) is 4.79 Å². The number of nitrogens with two attached hydrogens (primary N) is 1. The number of carboxylic acid groups (broad SMARTS) is 1. The zero-order valence-corrected chi connectivity index (χ0v) is 9.34. The number of rotatable bonds is 3. The average molecular weight is 250 g/mol. The lowest BCUT2D eigenvalue weighted by atomic mass is 10.1. The first-order valence-electron chi connectivity index (χ1n) is 3.98. The second-order valence-electron chi connectivity index (χ2n) is 2.83. The van der Waals surface area contributed by atoms with Crippen LogP contribution in [0.5, 0.6) is 5.75 Å². The highest BCUT2D eigenvalue weighted by atomic mass is 35.5. The molecule has 0 aliphatic carbocycles. The summed E-state index contributed by atoms with van der Waals surface area (Å²) in [5.74, 6) is -0.942. The van der Waals surface area contributed by atoms with Gasteiger partial charge < -0.3 is 15.6 Å². The topological polar surface area (TPSA) is 72.5 Å². The Hall–Kier alpha value is -0.970. The lowest BCUT2D eigenvalue weighted by Gasteiger charge is -2.13. The zero-order chi connectivity index (χ0) is 11.6. The number of halogens is 2. The molecule has 0 unspecified atom stereocenters. The Kier molecular flexibility index (Phi) is 3.79. The van der Waals surface area contributed by atoms with E-state index in [2.05, 4.69) is 0 Å². The van der Waals surface area contributed by atoms with Crippen LogP contribution in [0.2, 0.25) is 10.0 Å². The summed E-state index contributed by atoms with van der Waals surface area (Å²) in [6.45, 7) is 0. The van der Waals surface area contributed by atoms with E-state index in [0.717, 1.165) is 0 Å². The molecular formula is C9H9Cl2NO3. The van der Waals surface area contributed by atoms with E-state index in [0.29, 0.717) is 5.02 Å². The minimum Gasteiger partial charge on any atom is -0.495 e. The molecule has 0 amide bonds. The molecule has 1 aromatic carbocycles. The molecule has 0 aliphatic heterocycles. The van der Waals surface area contributed by atoms with Crippen molar-refractivity contribution in [3.8, 4) is 5.75 Å². The highest BCUT2D eigenvalue weighted by Crippen LogP contribution is 2.35. The molecule has 0 aromatic heterocycles. The summed E-state index contributed by atoms with van der Waals surface area (Å²) in [4.78, 5) is 10.7. The van der Waals surface area contributed by atoms with Crippen molar-refractivity contribution in [1.29, 1.82) is 0 Å². The Morgan fingerprint density at radius 1 is 1.53 bits per heavy atom. The summed E-state index contributed by atoms with van der Waals surface area (Å²) in [6, 6.07) is 1.67. The van der Waals surface area contributed by atoms with Gasteiger partial charge in [0, 0.05) is 10.6 Å². The minimum absolute atomic E-state index is 0.232. The molecule has 1 aromatic rings. The van der Waals surface area contributed by atoms with Gasteiger partial charge in [0.05, 0.1) is 12.1 Å². The van der Waals surface area contributed by atoms with Gasteiger partial charge in [-0.2, -0.15) is 0 Å². The Morgan fingerprint density at radius 2 is 2.13 bits per heavy atom. The molecular weight excluding hydrogens is 241 g/mol. The van der Waals surface area contributed by atoms with E-state index in [9.17, 15) is 4.79 Å². The average Bonchev–Trinajstić information content (AvgIpc) is 2.15. The summed E-state index contributed by atoms with van der Waals surface area (Å²) in [5, 5.41) is 9.32. The number of aliphatic carboxylic acids is 1. The number of hydrogen-bond acceptors (Lipinski definition) is 3. The SMILES string of the molecule is COc1c(Cl)cc(Cl)cc1[C@H](N)C(=O)O. The van der Waals surface area contributed by atoms with Crippen molar-refractivity contribution in [2.24, 2.45) is 5.73 Å². The van der Waals surface area contributed by atoms with E-state index in [1.807, 2.05) is 0 Å². The van der Waals surface area contributed by atoms with E-state index in [4.69, 9.17) is 38.8 Å². The maximum atomic E-state index is 10.7. The monoisotopic (exact) mass is 249 g/mol. The van der Waals surface area contributed by atoms with Crippen LogP contribution in [0.4, 0.5) is 0 Å². The number of carbonyl (C=O) groups is 1. The van der Waals surface area contributed by atoms with Crippen molar-refractivity contribution in [3.05, 3.63) is 27.7 Å². The van der Waals surface area contributed by atoms with E-state index >= 15 is 0 Å². The first-order chi connectivity index (χ1) is 6.97. The summed E-state index contributed by atoms with van der Waals surface area (Å²) in [5.41, 5.74) is 5.71. The fourth-order valence-electron chi connectivity index (χ4n) is 1.16. The number of carboxylic acids is 1. The van der Waals surface area contributed by atoms with Crippen LogP contribution in [0, 0.1) is 0 Å². The van der Waals surface area contributed by atoms with Crippen LogP contribution >= 0.6 is 23.2 Å². The molecule has 0 fully saturated rings. The largest absolute Gasteiger partial charge is 0.495 e. The normalized spacial score (nSPS) is 12.3. The molecule has 0 aliphatic rings. The van der Waals surface area contributed by atoms with Gasteiger partial charge in [0.25, 0.3) is 0 Å². The molecule has 3 N–H and O–H groups in total. The van der Waals surface area contributed by atoms with Crippen molar-refractivity contribution >= 4 is 29.2 Å². The molecule has 0 saturated heterocycles. The number of benzene rings is 1. The summed E-state index contributed by atoms with van der Waals surface area (Å²) in [7, 11) is 1.38. The van der Waals surface area contributed by atoms with E-state index in [1.165, 1.54) is 19.2 Å². The Morgan fingerprint density at radius 3 is 2.60 bits per heavy atom. The quantitative estimate of drug-likeness (QED) is 0.861. The second-order valence-corrected chi connectivity index (χ2v) is 3.67. The molecule has 4 nitrogen and oxygen atoms in total. The highest BCUT2D eigenvalue weighted by molar-refractivity contribution is 6.35. The molecule has 0 saturated carbocycles. The van der Waals surface area contributed by atoms with Gasteiger partial charge in [-0.1, -0.05) is 23.2 Å². The maximum Gasteiger partial charge on any atom is 0.325 e. The summed E-state index contributed by atoms with van der Waals surface area (Å²) >= 11 is 11.6. The Balaban J connectivity index is 3.32. The van der Waals surface area contributed by atoms with E-state index < -0.39 is 12.0 Å². The third-order valence-electron chi connectivity index (χ3n) is 1.84. The van der Waals surface area contributed by atoms with Gasteiger partial charge in [0.1, 0.15) is 11.8 Å². The third kappa shape index (κ3) is 2.53. The van der Waals surface area contributed by atoms with Crippen molar-refractivity contribution in [2.75, 3.05) is 7.11 Å². The van der Waals surface area contributed by atoms with Gasteiger partial charge in [0.2, 0.25) is 0 Å². The van der Waals surface area contributed by atoms with Crippen LogP contribution in [0.1, 0.15) is 11.6 Å². The molecule has 1 atom stereocenters. The van der Waals surface area contributed by atoms with Crippen molar-refractivity contribution < 1.29 is 14.6 Å². The summed E-state index contributed by atoms with van der Waals surface area (Å²) < 4.78 is 4.97. The number of hydrogen-bond donors (Lipinski definition) is 2. The van der Waals surface area contributed by atoms with Gasteiger partial charge in [-0.25, -0.2) is 0 Å². The molecule has 0 bridgehead atoms. The Bertz CT molecular complexity index is 395. The molecule has 0 radical (unpaired) electrons. The Labute approximate surface area is 96.5 Å². The van der Waals surface area contributed by atoms with E-state index in [-0.39, 0.29) is 16.3 Å². The molecule has 1 rings (SSSR count). The predicted octanol–water partition coefficient (Wildman–Crippen LogP) is 2.09. The zero-order valence-electron chi connectivity index (χ0n) is 7.83. The molecule has 0 heterocycles. The maximum absolute atomic E-state index is 10.7. The van der Waals surface area contributed by atoms with Crippen molar-refractivity contribution in [2.45, 2.75) is 6.04 Å². The van der Waals surface area contributed by atoms with Crippen molar-refractivity contribution in [1.82, 2.24) is 0 Å². The first kappa shape index (κ1) is 12.1. The molecule has 15 heavy (non-hydrogen) atoms. The predicted molar refractivity (Wildman–Crippen MR) is 57.6 cm³/mol. The molecule has 6 heteroatoms. The van der Waals surface area contributed by atoms with Gasteiger partial charge in [0.15, 0.2) is 0 Å².